The number of aromatic nitrogens is 3. The molecule has 2 atom stereocenters. The van der Waals surface area contributed by atoms with Gasteiger partial charge < -0.3 is 36.2 Å². The number of nitrogens with two attached hydrogens (primary N) is 1. The summed E-state index contributed by atoms with van der Waals surface area (Å²) in [6.45, 7) is 12.0. The van der Waals surface area contributed by atoms with Crippen LogP contribution < -0.4 is 32.3 Å². The van der Waals surface area contributed by atoms with Crippen LogP contribution in [0, 0.1) is 20.8 Å². The Morgan fingerprint density at radius 3 is 2.11 bits per heavy atom. The number of hydrogen-bond donors (Lipinski definition) is 9. The molecule has 3 aromatic rings. The summed E-state index contributed by atoms with van der Waals surface area (Å²) < 4.78 is 0. The average Bonchev–Trinajstić information content (AvgIpc) is 3.58. The third-order valence-electron chi connectivity index (χ3n) is 9.07. The van der Waals surface area contributed by atoms with Crippen LogP contribution >= 0.6 is 25.3 Å². The summed E-state index contributed by atoms with van der Waals surface area (Å²) in [5.41, 5.74) is 15.7. The quantitative estimate of drug-likeness (QED) is 0.179. The summed E-state index contributed by atoms with van der Waals surface area (Å²) in [7, 11) is 0. The molecule has 2 aliphatic heterocycles. The molecule has 45 heavy (non-hydrogen) atoms. The summed E-state index contributed by atoms with van der Waals surface area (Å²) in [4.78, 5) is 34.9. The molecule has 8 N–H and O–H groups in total. The van der Waals surface area contributed by atoms with E-state index >= 15 is 0 Å². The molecule has 5 rings (SSSR count). The van der Waals surface area contributed by atoms with Crippen LogP contribution in [0.5, 0.6) is 0 Å². The van der Waals surface area contributed by atoms with Crippen LogP contribution in [0.15, 0.2) is 16.8 Å². The molecule has 238 valence electrons. The Kier molecular flexibility index (Phi) is 8.82. The predicted octanol–water partition coefficient (Wildman–Crippen LogP) is 2.89. The number of rotatable bonds is 7. The Morgan fingerprint density at radius 2 is 1.49 bits per heavy atom. The molecule has 0 unspecified atom stereocenters. The van der Waals surface area contributed by atoms with Gasteiger partial charge >= 0.3 is 11.9 Å². The summed E-state index contributed by atoms with van der Waals surface area (Å²) in [5, 5.41) is 26.1. The van der Waals surface area contributed by atoms with Gasteiger partial charge in [0.1, 0.15) is 5.66 Å². The summed E-state index contributed by atoms with van der Waals surface area (Å²) in [6.07, 6.45) is 8.52. The second kappa shape index (κ2) is 12.2. The fraction of sp³-hybridized carbons (Fsp3) is 0.353. The van der Waals surface area contributed by atoms with Gasteiger partial charge in [0.25, 0.3) is 0 Å². The first kappa shape index (κ1) is 32.6. The molecule has 0 saturated carbocycles. The summed E-state index contributed by atoms with van der Waals surface area (Å²) in [5.74, 6) is -1.79. The lowest BCUT2D eigenvalue weighted by atomic mass is 9.96. The van der Waals surface area contributed by atoms with Gasteiger partial charge in [-0.1, -0.05) is 0 Å². The average molecular weight is 648 g/mol. The molecule has 3 aromatic heterocycles. The maximum atomic E-state index is 11.6. The number of carbonyl (C=O) groups is 2. The lowest BCUT2D eigenvalue weighted by molar-refractivity contribution is -0.138. The molecule has 0 spiro atoms. The normalized spacial score (nSPS) is 22.2. The maximum Gasteiger partial charge on any atom is 0.303 e. The van der Waals surface area contributed by atoms with Crippen molar-refractivity contribution in [2.75, 3.05) is 0 Å². The minimum absolute atomic E-state index is 0.0350. The van der Waals surface area contributed by atoms with Crippen molar-refractivity contribution in [1.82, 2.24) is 20.3 Å². The molecule has 8 bridgehead atoms. The van der Waals surface area contributed by atoms with Crippen molar-refractivity contribution >= 4 is 66.4 Å². The standard InChI is InChI=1S/C34H41N5O4S2/c1-15-21(7-9-30(40)41)25-13-26-22(8-10-31(42)43)18(4)34(35,39-26)14-29-17(3)33(20(6)45)28(38-29)12-24-16(2)32(19(5)44)27(37-24)11-23(15)36-25/h11-14,20,36-39,44-45H,7-10,35H2,1-6H3,(H,40,41)(H,42,43)/b26-13-,27-11-,28-12-,29-14-,32-19-/t20-,34-/m0/s1. The van der Waals surface area contributed by atoms with Crippen molar-refractivity contribution in [3.05, 3.63) is 83.0 Å². The lowest BCUT2D eigenvalue weighted by Gasteiger charge is -2.23. The largest absolute Gasteiger partial charge is 0.481 e. The number of H-pyrrole nitrogens is 3. The first-order chi connectivity index (χ1) is 21.1. The van der Waals surface area contributed by atoms with Gasteiger partial charge in [-0.3, -0.25) is 9.59 Å². The van der Waals surface area contributed by atoms with Gasteiger partial charge in [0.05, 0.1) is 0 Å². The fourth-order valence-corrected chi connectivity index (χ4v) is 7.25. The van der Waals surface area contributed by atoms with Crippen LogP contribution in [0.4, 0.5) is 0 Å². The number of carboxylic acids is 2. The highest BCUT2D eigenvalue weighted by Crippen LogP contribution is 2.35. The van der Waals surface area contributed by atoms with Crippen LogP contribution in [-0.4, -0.2) is 42.8 Å². The molecule has 2 aliphatic rings. The van der Waals surface area contributed by atoms with Crippen molar-refractivity contribution in [2.45, 2.75) is 78.1 Å². The van der Waals surface area contributed by atoms with Crippen molar-refractivity contribution < 1.29 is 19.8 Å². The minimum atomic E-state index is -1.11. The predicted molar refractivity (Wildman–Crippen MR) is 186 cm³/mol. The summed E-state index contributed by atoms with van der Waals surface area (Å²) in [6, 6.07) is 0. The smallest absolute Gasteiger partial charge is 0.303 e. The first-order valence-corrected chi connectivity index (χ1v) is 15.9. The van der Waals surface area contributed by atoms with E-state index in [0.717, 1.165) is 82.2 Å². The Hall–Kier alpha value is -3.80. The SMILES string of the molecule is CC1=C(CCC(=O)O)/C2=C/c3[nH]c(c(C)c3CCC(=O)O)/C=c3\[nH]c(c(C)\c3=C(/C)S)/C=c3\[nH]/c(c(C)c3[C@H](C)S)=C\[C@]1(N)N2. The van der Waals surface area contributed by atoms with E-state index in [4.69, 9.17) is 31.0 Å². The minimum Gasteiger partial charge on any atom is -0.481 e. The fourth-order valence-electron chi connectivity index (χ4n) is 6.63. The lowest BCUT2D eigenvalue weighted by Crippen LogP contribution is -2.49. The van der Waals surface area contributed by atoms with Gasteiger partial charge in [-0.15, -0.1) is 12.6 Å². The van der Waals surface area contributed by atoms with E-state index in [1.165, 1.54) is 0 Å². The molecule has 0 saturated heterocycles. The van der Waals surface area contributed by atoms with Crippen molar-refractivity contribution in [2.24, 2.45) is 5.73 Å². The topological polar surface area (TPSA) is 160 Å². The van der Waals surface area contributed by atoms with Crippen LogP contribution in [-0.2, 0) is 16.0 Å². The number of nitrogens with one attached hydrogen (secondary N) is 4. The molecule has 9 nitrogen and oxygen atoms in total. The molecular formula is C34H41N5O4S2. The van der Waals surface area contributed by atoms with Crippen LogP contribution in [0.1, 0.15) is 90.2 Å². The van der Waals surface area contributed by atoms with Crippen LogP contribution in [0.25, 0.3) is 29.2 Å². The molecule has 0 amide bonds. The number of carboxylic acid groups (broad SMARTS) is 2. The zero-order chi connectivity index (χ0) is 33.0. The van der Waals surface area contributed by atoms with Gasteiger partial charge in [-0.05, 0) is 123 Å². The van der Waals surface area contributed by atoms with Gasteiger partial charge in [0.2, 0.25) is 0 Å². The highest BCUT2D eigenvalue weighted by Gasteiger charge is 2.36. The molecule has 0 aromatic carbocycles. The molecule has 11 heteroatoms. The van der Waals surface area contributed by atoms with E-state index < -0.39 is 17.6 Å². The maximum absolute atomic E-state index is 11.6. The molecule has 0 fully saturated rings. The Labute approximate surface area is 272 Å². The van der Waals surface area contributed by atoms with E-state index in [9.17, 15) is 19.8 Å². The Balaban J connectivity index is 1.93. The van der Waals surface area contributed by atoms with Gasteiger partial charge in [-0.25, -0.2) is 0 Å². The molecule has 5 heterocycles. The summed E-state index contributed by atoms with van der Waals surface area (Å²) >= 11 is 9.57. The number of hydrogen-bond acceptors (Lipinski definition) is 6. The van der Waals surface area contributed by atoms with Crippen molar-refractivity contribution in [3.63, 3.8) is 0 Å². The highest BCUT2D eigenvalue weighted by atomic mass is 32.1. The van der Waals surface area contributed by atoms with Crippen LogP contribution in [0.3, 0.4) is 0 Å². The van der Waals surface area contributed by atoms with Crippen LogP contribution in [0.2, 0.25) is 0 Å². The number of allylic oxidation sites excluding steroid dienone is 1. The second-order valence-electron chi connectivity index (χ2n) is 12.1. The number of thiol groups is 2. The first-order valence-electron chi connectivity index (χ1n) is 15.0. The number of aromatic amines is 3. The molecule has 0 aliphatic carbocycles. The number of fused-ring (bicyclic) bond motifs is 8. The van der Waals surface area contributed by atoms with E-state index in [2.05, 4.69) is 33.3 Å². The highest BCUT2D eigenvalue weighted by molar-refractivity contribution is 7.90. The monoisotopic (exact) mass is 647 g/mol. The molecular weight excluding hydrogens is 607 g/mol. The zero-order valence-electron chi connectivity index (χ0n) is 26.4. The van der Waals surface area contributed by atoms with Gasteiger partial charge in [0, 0.05) is 62.1 Å². The van der Waals surface area contributed by atoms with E-state index in [1.807, 2.05) is 52.8 Å². The Morgan fingerprint density at radius 1 is 0.867 bits per heavy atom. The molecule has 0 radical (unpaired) electrons. The number of aliphatic carboxylic acids is 2. The Bertz CT molecular complexity index is 2050. The third-order valence-corrected chi connectivity index (χ3v) is 9.55. The van der Waals surface area contributed by atoms with Gasteiger partial charge in [-0.2, -0.15) is 12.6 Å². The van der Waals surface area contributed by atoms with E-state index in [1.54, 1.807) is 0 Å². The zero-order valence-corrected chi connectivity index (χ0v) is 28.2. The van der Waals surface area contributed by atoms with Crippen molar-refractivity contribution in [1.29, 1.82) is 0 Å². The van der Waals surface area contributed by atoms with Crippen molar-refractivity contribution in [3.8, 4) is 0 Å². The van der Waals surface area contributed by atoms with E-state index in [-0.39, 0.29) is 24.5 Å². The van der Waals surface area contributed by atoms with Gasteiger partial charge in [0.15, 0.2) is 0 Å². The second-order valence-corrected chi connectivity index (χ2v) is 13.6. The van der Waals surface area contributed by atoms with E-state index in [0.29, 0.717) is 12.1 Å². The third kappa shape index (κ3) is 6.08.